The summed E-state index contributed by atoms with van der Waals surface area (Å²) in [5.74, 6) is 0.219. The van der Waals surface area contributed by atoms with Gasteiger partial charge in [0.1, 0.15) is 0 Å². The third kappa shape index (κ3) is 1.42. The minimum atomic E-state index is -0.315. The van der Waals surface area contributed by atoms with Crippen molar-refractivity contribution in [3.63, 3.8) is 0 Å². The predicted molar refractivity (Wildman–Crippen MR) is 57.4 cm³/mol. The molecule has 1 aromatic rings. The van der Waals surface area contributed by atoms with Gasteiger partial charge >= 0.3 is 0 Å². The Morgan fingerprint density at radius 3 is 2.47 bits per heavy atom. The summed E-state index contributed by atoms with van der Waals surface area (Å²) in [5.41, 5.74) is 6.90. The van der Waals surface area contributed by atoms with Crippen LogP contribution in [0.1, 0.15) is 25.3 Å². The van der Waals surface area contributed by atoms with Gasteiger partial charge in [0.15, 0.2) is 11.6 Å². The predicted octanol–water partition coefficient (Wildman–Crippen LogP) is 2.29. The largest absolute Gasteiger partial charge is 0.493 e. The van der Waals surface area contributed by atoms with Gasteiger partial charge in [-0.3, -0.25) is 0 Å². The molecule has 1 aliphatic rings. The molecule has 82 valence electrons. The van der Waals surface area contributed by atoms with Crippen LogP contribution >= 0.6 is 0 Å². The van der Waals surface area contributed by atoms with E-state index in [4.69, 9.17) is 10.5 Å². The fourth-order valence-corrected chi connectivity index (χ4v) is 2.26. The lowest BCUT2D eigenvalue weighted by molar-refractivity contribution is 0.379. The molecular formula is C12H16FNO. The van der Waals surface area contributed by atoms with Crippen LogP contribution in [0.5, 0.6) is 5.75 Å². The lowest BCUT2D eigenvalue weighted by atomic mass is 10.0. The molecule has 0 aromatic heterocycles. The van der Waals surface area contributed by atoms with Crippen molar-refractivity contribution in [2.75, 3.05) is 7.11 Å². The second kappa shape index (κ2) is 3.20. The number of rotatable bonds is 2. The molecule has 2 nitrogen and oxygen atoms in total. The van der Waals surface area contributed by atoms with Gasteiger partial charge in [0.2, 0.25) is 0 Å². The van der Waals surface area contributed by atoms with Gasteiger partial charge in [-0.2, -0.15) is 0 Å². The third-order valence-corrected chi connectivity index (χ3v) is 3.45. The number of halogens is 1. The minimum Gasteiger partial charge on any atom is -0.493 e. The van der Waals surface area contributed by atoms with E-state index < -0.39 is 0 Å². The molecule has 0 amide bonds. The number of hydrogen-bond donors (Lipinski definition) is 1. The highest BCUT2D eigenvalue weighted by Gasteiger charge is 2.57. The molecule has 0 radical (unpaired) electrons. The first-order valence-electron chi connectivity index (χ1n) is 5.08. The van der Waals surface area contributed by atoms with Gasteiger partial charge < -0.3 is 10.5 Å². The molecule has 1 fully saturated rings. The van der Waals surface area contributed by atoms with Crippen molar-refractivity contribution in [3.05, 3.63) is 29.6 Å². The smallest absolute Gasteiger partial charge is 0.165 e. The summed E-state index contributed by atoms with van der Waals surface area (Å²) < 4.78 is 18.5. The third-order valence-electron chi connectivity index (χ3n) is 3.45. The second-order valence-electron chi connectivity index (χ2n) is 4.69. The van der Waals surface area contributed by atoms with Gasteiger partial charge in [-0.15, -0.1) is 0 Å². The average Bonchev–Trinajstić information content (AvgIpc) is 2.66. The van der Waals surface area contributed by atoms with Gasteiger partial charge in [0.05, 0.1) is 7.11 Å². The van der Waals surface area contributed by atoms with Crippen LogP contribution in [0.4, 0.5) is 4.39 Å². The van der Waals surface area contributed by atoms with Gasteiger partial charge in [-0.25, -0.2) is 4.39 Å². The van der Waals surface area contributed by atoms with Gasteiger partial charge in [-0.1, -0.05) is 26.0 Å². The Morgan fingerprint density at radius 2 is 2.00 bits per heavy atom. The Morgan fingerprint density at radius 1 is 1.40 bits per heavy atom. The summed E-state index contributed by atoms with van der Waals surface area (Å²) in [6.45, 7) is 4.18. The van der Waals surface area contributed by atoms with Crippen molar-refractivity contribution in [3.8, 4) is 5.75 Å². The Labute approximate surface area is 89.2 Å². The lowest BCUT2D eigenvalue weighted by Gasteiger charge is -2.09. The number of benzene rings is 1. The summed E-state index contributed by atoms with van der Waals surface area (Å²) in [4.78, 5) is 0. The van der Waals surface area contributed by atoms with E-state index in [0.29, 0.717) is 5.75 Å². The molecule has 0 saturated heterocycles. The molecule has 0 aliphatic heterocycles. The molecule has 2 rings (SSSR count). The Balaban J connectivity index is 2.42. The van der Waals surface area contributed by atoms with Gasteiger partial charge in [0, 0.05) is 17.5 Å². The van der Waals surface area contributed by atoms with Crippen LogP contribution in [0, 0.1) is 11.2 Å². The van der Waals surface area contributed by atoms with Crippen LogP contribution in [0.25, 0.3) is 0 Å². The highest BCUT2D eigenvalue weighted by atomic mass is 19.1. The Hall–Kier alpha value is -1.09. The van der Waals surface area contributed by atoms with Crippen LogP contribution in [0.2, 0.25) is 0 Å². The highest BCUT2D eigenvalue weighted by Crippen LogP contribution is 2.59. The molecule has 1 saturated carbocycles. The quantitative estimate of drug-likeness (QED) is 0.811. The normalized spacial score (nSPS) is 27.5. The van der Waals surface area contributed by atoms with Gasteiger partial charge in [-0.05, 0) is 11.5 Å². The molecule has 0 bridgehead atoms. The number of ether oxygens (including phenoxy) is 1. The van der Waals surface area contributed by atoms with Crippen molar-refractivity contribution in [1.82, 2.24) is 0 Å². The van der Waals surface area contributed by atoms with Crippen molar-refractivity contribution < 1.29 is 9.13 Å². The summed E-state index contributed by atoms with van der Waals surface area (Å²) in [5, 5.41) is 0. The maximum absolute atomic E-state index is 13.5. The number of nitrogens with two attached hydrogens (primary N) is 1. The van der Waals surface area contributed by atoms with E-state index in [0.717, 1.165) is 5.56 Å². The van der Waals surface area contributed by atoms with Gasteiger partial charge in [0.25, 0.3) is 0 Å². The Bertz CT molecular complexity index is 389. The topological polar surface area (TPSA) is 35.2 Å². The molecule has 2 N–H and O–H groups in total. The summed E-state index contributed by atoms with van der Waals surface area (Å²) >= 11 is 0. The van der Waals surface area contributed by atoms with Crippen molar-refractivity contribution in [2.45, 2.75) is 25.8 Å². The second-order valence-corrected chi connectivity index (χ2v) is 4.69. The molecule has 1 aromatic carbocycles. The number of hydrogen-bond acceptors (Lipinski definition) is 2. The van der Waals surface area contributed by atoms with Crippen LogP contribution in [0.15, 0.2) is 18.2 Å². The Kier molecular flexibility index (Phi) is 2.23. The van der Waals surface area contributed by atoms with Crippen LogP contribution in [-0.4, -0.2) is 13.2 Å². The zero-order valence-electron chi connectivity index (χ0n) is 9.25. The molecule has 0 spiro atoms. The van der Waals surface area contributed by atoms with Crippen LogP contribution in [-0.2, 0) is 0 Å². The zero-order valence-corrected chi connectivity index (χ0v) is 9.25. The van der Waals surface area contributed by atoms with E-state index >= 15 is 0 Å². The molecular weight excluding hydrogens is 193 g/mol. The SMILES string of the molecule is COc1c(F)cccc1[C@@H]1[C@@H](N)C1(C)C. The van der Waals surface area contributed by atoms with Crippen LogP contribution < -0.4 is 10.5 Å². The highest BCUT2D eigenvalue weighted by molar-refractivity contribution is 5.44. The maximum Gasteiger partial charge on any atom is 0.165 e. The van der Waals surface area contributed by atoms with E-state index in [1.165, 1.54) is 13.2 Å². The van der Waals surface area contributed by atoms with Crippen molar-refractivity contribution >= 4 is 0 Å². The first-order valence-corrected chi connectivity index (χ1v) is 5.08. The summed E-state index contributed by atoms with van der Waals surface area (Å²) in [6, 6.07) is 5.09. The standard InChI is InChI=1S/C12H16FNO/c1-12(2)9(11(12)14)7-5-4-6-8(13)10(7)15-3/h4-6,9,11H,14H2,1-3H3/t9-,11-/m1/s1. The van der Waals surface area contributed by atoms with E-state index in [2.05, 4.69) is 13.8 Å². The fourth-order valence-electron chi connectivity index (χ4n) is 2.26. The fraction of sp³-hybridized carbons (Fsp3) is 0.500. The average molecular weight is 209 g/mol. The van der Waals surface area contributed by atoms with E-state index in [1.807, 2.05) is 6.07 Å². The summed E-state index contributed by atoms with van der Waals surface area (Å²) in [7, 11) is 1.49. The maximum atomic E-state index is 13.5. The molecule has 3 heteroatoms. The zero-order chi connectivity index (χ0) is 11.2. The van der Waals surface area contributed by atoms with Crippen LogP contribution in [0.3, 0.4) is 0 Å². The first-order chi connectivity index (χ1) is 7.00. The number of para-hydroxylation sites is 1. The number of methoxy groups -OCH3 is 1. The van der Waals surface area contributed by atoms with Crippen molar-refractivity contribution in [2.24, 2.45) is 11.1 Å². The minimum absolute atomic E-state index is 0.0427. The molecule has 0 unspecified atom stereocenters. The lowest BCUT2D eigenvalue weighted by Crippen LogP contribution is -2.06. The molecule has 15 heavy (non-hydrogen) atoms. The van der Waals surface area contributed by atoms with Crippen molar-refractivity contribution in [1.29, 1.82) is 0 Å². The first kappa shape index (κ1) is 10.4. The van der Waals surface area contributed by atoms with E-state index in [9.17, 15) is 4.39 Å². The molecule has 2 atom stereocenters. The molecule has 1 aliphatic carbocycles. The van der Waals surface area contributed by atoms with E-state index in [1.54, 1.807) is 6.07 Å². The monoisotopic (exact) mass is 209 g/mol. The molecule has 0 heterocycles. The summed E-state index contributed by atoms with van der Waals surface area (Å²) in [6.07, 6.45) is 0. The van der Waals surface area contributed by atoms with E-state index in [-0.39, 0.29) is 23.2 Å².